The molecule has 0 amide bonds. The molecule has 0 aliphatic heterocycles. The van der Waals surface area contributed by atoms with Crippen molar-refractivity contribution in [3.8, 4) is 5.75 Å². The molecule has 0 fully saturated rings. The number of aromatic carboxylic acids is 1. The van der Waals surface area contributed by atoms with Crippen LogP contribution < -0.4 is 4.89 Å². The van der Waals surface area contributed by atoms with E-state index in [9.17, 15) is 9.59 Å². The molecule has 1 aromatic rings. The number of ether oxygens (including phenoxy) is 1. The second-order valence-electron chi connectivity index (χ2n) is 3.62. The number of carbonyl (C=O) groups is 2. The van der Waals surface area contributed by atoms with Crippen LogP contribution in [0.2, 0.25) is 0 Å². The zero-order valence-electron chi connectivity index (χ0n) is 11.1. The number of carboxylic acid groups (broad SMARTS) is 1. The van der Waals surface area contributed by atoms with Gasteiger partial charge in [-0.2, -0.15) is 4.89 Å². The van der Waals surface area contributed by atoms with Crippen LogP contribution in [0, 0.1) is 0 Å². The minimum Gasteiger partial charge on any atom is -0.478 e. The molecule has 0 radical (unpaired) electrons. The van der Waals surface area contributed by atoms with Gasteiger partial charge in [-0.15, -0.1) is 0 Å². The molecule has 20 heavy (non-hydrogen) atoms. The Morgan fingerprint density at radius 3 is 2.50 bits per heavy atom. The molecule has 0 aliphatic carbocycles. The normalized spacial score (nSPS) is 9.25. The minimum atomic E-state index is -1.12. The van der Waals surface area contributed by atoms with Crippen molar-refractivity contribution in [2.24, 2.45) is 0 Å². The van der Waals surface area contributed by atoms with Gasteiger partial charge in [0.05, 0.1) is 0 Å². The summed E-state index contributed by atoms with van der Waals surface area (Å²) in [5.74, 6) is -1.55. The molecule has 0 bridgehead atoms. The second-order valence-corrected chi connectivity index (χ2v) is 3.62. The maximum atomic E-state index is 11.0. The SMILES string of the molecule is C=C(C)C(=O)OCCOOc1ccccc1C(=O)O.[Zn]. The Kier molecular flexibility index (Phi) is 8.44. The summed E-state index contributed by atoms with van der Waals surface area (Å²) in [6.45, 7) is 4.92. The molecular weight excluding hydrogens is 318 g/mol. The third kappa shape index (κ3) is 5.95. The van der Waals surface area contributed by atoms with E-state index in [0.29, 0.717) is 0 Å². The largest absolute Gasteiger partial charge is 0.478 e. The van der Waals surface area contributed by atoms with Gasteiger partial charge in [-0.25, -0.2) is 9.59 Å². The summed E-state index contributed by atoms with van der Waals surface area (Å²) < 4.78 is 4.76. The molecule has 0 saturated carbocycles. The van der Waals surface area contributed by atoms with Crippen molar-refractivity contribution in [1.82, 2.24) is 0 Å². The van der Waals surface area contributed by atoms with Crippen LogP contribution in [0.15, 0.2) is 36.4 Å². The second kappa shape index (κ2) is 9.23. The van der Waals surface area contributed by atoms with Crippen LogP contribution in [0.25, 0.3) is 0 Å². The van der Waals surface area contributed by atoms with Gasteiger partial charge in [0.1, 0.15) is 18.8 Å². The van der Waals surface area contributed by atoms with Gasteiger partial charge in [0.25, 0.3) is 0 Å². The molecule has 7 heteroatoms. The molecular formula is C13H14O6Zn. The summed E-state index contributed by atoms with van der Waals surface area (Å²) in [6.07, 6.45) is 0. The first-order valence-electron chi connectivity index (χ1n) is 5.47. The van der Waals surface area contributed by atoms with Gasteiger partial charge in [-0.1, -0.05) is 18.7 Å². The summed E-state index contributed by atoms with van der Waals surface area (Å²) in [7, 11) is 0. The van der Waals surface area contributed by atoms with Crippen molar-refractivity contribution in [1.29, 1.82) is 0 Å². The zero-order chi connectivity index (χ0) is 14.3. The third-order valence-corrected chi connectivity index (χ3v) is 2.01. The van der Waals surface area contributed by atoms with Gasteiger partial charge < -0.3 is 14.7 Å². The van der Waals surface area contributed by atoms with E-state index in [1.165, 1.54) is 19.1 Å². The smallest absolute Gasteiger partial charge is 0.339 e. The summed E-state index contributed by atoms with van der Waals surface area (Å²) in [5.41, 5.74) is 0.276. The molecule has 1 N–H and O–H groups in total. The fourth-order valence-electron chi connectivity index (χ4n) is 1.11. The molecule has 0 heterocycles. The number of carbonyl (C=O) groups excluding carboxylic acids is 1. The quantitative estimate of drug-likeness (QED) is 0.205. The topological polar surface area (TPSA) is 82.1 Å². The van der Waals surface area contributed by atoms with E-state index in [1.54, 1.807) is 12.1 Å². The average Bonchev–Trinajstić information content (AvgIpc) is 2.38. The van der Waals surface area contributed by atoms with Crippen LogP contribution in [0.4, 0.5) is 0 Å². The monoisotopic (exact) mass is 330 g/mol. The molecule has 0 spiro atoms. The van der Waals surface area contributed by atoms with Crippen molar-refractivity contribution in [3.05, 3.63) is 42.0 Å². The first-order chi connectivity index (χ1) is 9.02. The van der Waals surface area contributed by atoms with Gasteiger partial charge in [0, 0.05) is 25.1 Å². The molecule has 0 saturated heterocycles. The third-order valence-electron chi connectivity index (χ3n) is 2.01. The van der Waals surface area contributed by atoms with Crippen LogP contribution in [-0.2, 0) is 33.9 Å². The van der Waals surface area contributed by atoms with Crippen molar-refractivity contribution >= 4 is 11.9 Å². The van der Waals surface area contributed by atoms with E-state index < -0.39 is 11.9 Å². The van der Waals surface area contributed by atoms with Crippen LogP contribution in [0.3, 0.4) is 0 Å². The van der Waals surface area contributed by atoms with Crippen LogP contribution in [0.1, 0.15) is 17.3 Å². The van der Waals surface area contributed by atoms with Crippen molar-refractivity contribution in [2.75, 3.05) is 13.2 Å². The van der Waals surface area contributed by atoms with Gasteiger partial charge in [-0.05, 0) is 19.1 Å². The molecule has 0 unspecified atom stereocenters. The Morgan fingerprint density at radius 2 is 1.90 bits per heavy atom. The number of hydrogen-bond acceptors (Lipinski definition) is 5. The molecule has 0 aromatic heterocycles. The Balaban J connectivity index is 0.00000361. The van der Waals surface area contributed by atoms with Crippen LogP contribution in [-0.4, -0.2) is 30.3 Å². The summed E-state index contributed by atoms with van der Waals surface area (Å²) in [6, 6.07) is 6.04. The first-order valence-corrected chi connectivity index (χ1v) is 5.47. The number of hydrogen-bond donors (Lipinski definition) is 1. The Hall–Kier alpha value is -1.72. The number of rotatable bonds is 7. The van der Waals surface area contributed by atoms with Crippen LogP contribution >= 0.6 is 0 Å². The first kappa shape index (κ1) is 18.3. The number of benzene rings is 1. The van der Waals surface area contributed by atoms with Crippen LogP contribution in [0.5, 0.6) is 5.75 Å². The number of esters is 1. The Labute approximate surface area is 129 Å². The molecule has 1 aromatic carbocycles. The van der Waals surface area contributed by atoms with Crippen molar-refractivity contribution in [3.63, 3.8) is 0 Å². The van der Waals surface area contributed by atoms with Gasteiger partial charge in [0.2, 0.25) is 0 Å². The standard InChI is InChI=1S/C13H14O6.Zn/c1-9(2)13(16)17-7-8-18-19-11-6-4-3-5-10(11)12(14)15;/h3-6H,1,7-8H2,2H3,(H,14,15);. The Morgan fingerprint density at radius 1 is 1.25 bits per heavy atom. The molecule has 0 atom stereocenters. The molecule has 1 rings (SSSR count). The summed E-state index contributed by atoms with van der Waals surface area (Å²) in [4.78, 5) is 31.5. The predicted octanol–water partition coefficient (Wildman–Crippen LogP) is 1.81. The number of para-hydroxylation sites is 1. The maximum Gasteiger partial charge on any atom is 0.339 e. The fourth-order valence-corrected chi connectivity index (χ4v) is 1.11. The van der Waals surface area contributed by atoms with Gasteiger partial charge in [-0.3, -0.25) is 0 Å². The minimum absolute atomic E-state index is 0. The maximum absolute atomic E-state index is 11.0. The van der Waals surface area contributed by atoms with E-state index in [4.69, 9.17) is 19.6 Å². The van der Waals surface area contributed by atoms with Gasteiger partial charge in [0.15, 0.2) is 5.75 Å². The van der Waals surface area contributed by atoms with E-state index in [0.717, 1.165) is 0 Å². The van der Waals surface area contributed by atoms with E-state index in [1.807, 2.05) is 0 Å². The zero-order valence-corrected chi connectivity index (χ0v) is 14.1. The van der Waals surface area contributed by atoms with Crippen molar-refractivity contribution in [2.45, 2.75) is 6.92 Å². The summed E-state index contributed by atoms with van der Waals surface area (Å²) >= 11 is 0. The molecule has 104 valence electrons. The Bertz CT molecular complexity index is 486. The van der Waals surface area contributed by atoms with Gasteiger partial charge >= 0.3 is 11.9 Å². The summed E-state index contributed by atoms with van der Waals surface area (Å²) in [5, 5.41) is 8.89. The average molecular weight is 332 g/mol. The number of carboxylic acids is 1. The van der Waals surface area contributed by atoms with E-state index >= 15 is 0 Å². The fraction of sp³-hybridized carbons (Fsp3) is 0.231. The van der Waals surface area contributed by atoms with E-state index in [2.05, 4.69) is 6.58 Å². The molecule has 6 nitrogen and oxygen atoms in total. The molecule has 0 aliphatic rings. The van der Waals surface area contributed by atoms with Crippen molar-refractivity contribution < 1.29 is 48.7 Å². The van der Waals surface area contributed by atoms with E-state index in [-0.39, 0.29) is 49.6 Å². The predicted molar refractivity (Wildman–Crippen MR) is 65.8 cm³/mol.